The van der Waals surface area contributed by atoms with Gasteiger partial charge in [-0.25, -0.2) is 4.79 Å². The van der Waals surface area contributed by atoms with Gasteiger partial charge in [-0.05, 0) is 39.8 Å². The molecule has 10 nitrogen and oxygen atoms in total. The summed E-state index contributed by atoms with van der Waals surface area (Å²) in [7, 11) is -2.56. The maximum Gasteiger partial charge on any atom is 0.330 e. The maximum atomic E-state index is 13.7. The Bertz CT molecular complexity index is 1780. The third-order valence-electron chi connectivity index (χ3n) is 8.14. The average molecular weight is 626 g/mol. The summed E-state index contributed by atoms with van der Waals surface area (Å²) in [4.78, 5) is 60.8. The fourth-order valence-electron chi connectivity index (χ4n) is 6.28. The van der Waals surface area contributed by atoms with E-state index in [1.165, 1.54) is 4.57 Å². The smallest absolute Gasteiger partial charge is 0.330 e. The van der Waals surface area contributed by atoms with E-state index in [2.05, 4.69) is 4.98 Å². The molecular formula is C34H35N3O7Si. The first kappa shape index (κ1) is 30.6. The van der Waals surface area contributed by atoms with Crippen molar-refractivity contribution < 1.29 is 23.9 Å². The van der Waals surface area contributed by atoms with Crippen molar-refractivity contribution >= 4 is 31.0 Å². The van der Waals surface area contributed by atoms with E-state index in [0.29, 0.717) is 5.56 Å². The van der Waals surface area contributed by atoms with Crippen LogP contribution < -0.4 is 21.6 Å². The molecule has 232 valence electrons. The molecule has 2 amide bonds. The van der Waals surface area contributed by atoms with Crippen molar-refractivity contribution in [2.24, 2.45) is 0 Å². The molecule has 0 saturated carbocycles. The zero-order valence-electron chi connectivity index (χ0n) is 25.6. The molecule has 1 aromatic heterocycles. The second-order valence-electron chi connectivity index (χ2n) is 12.4. The highest BCUT2D eigenvalue weighted by atomic mass is 28.3. The van der Waals surface area contributed by atoms with Crippen molar-refractivity contribution in [3.8, 4) is 0 Å². The number of carbonyl (C=O) groups excluding carboxylic acids is 2. The number of benzene rings is 3. The number of amides is 2. The molecule has 45 heavy (non-hydrogen) atoms. The van der Waals surface area contributed by atoms with Gasteiger partial charge in [0.05, 0.1) is 22.8 Å². The van der Waals surface area contributed by atoms with Gasteiger partial charge in [0, 0.05) is 18.2 Å². The number of carbonyl (C=O) groups is 2. The SMILES string of the molecule is Cc1cn([C@@]2([SiH](c3ccccc3)c3ccccc3)C[C@H](OC(C)(C)C)[C@@H](CON3C(=O)c4ccccc4C3=O)O2)c(=O)[nH]c1=O. The molecule has 0 radical (unpaired) electrons. The molecule has 11 heteroatoms. The molecule has 3 atom stereocenters. The second-order valence-corrected chi connectivity index (χ2v) is 15.5. The number of hydrogen-bond donors (Lipinski definition) is 1. The van der Waals surface area contributed by atoms with Gasteiger partial charge >= 0.3 is 5.69 Å². The van der Waals surface area contributed by atoms with Crippen LogP contribution in [0, 0.1) is 6.92 Å². The highest BCUT2D eigenvalue weighted by Gasteiger charge is 2.56. The summed E-state index contributed by atoms with van der Waals surface area (Å²) in [5.74, 6) is -1.11. The number of hydroxylamine groups is 2. The van der Waals surface area contributed by atoms with E-state index in [1.54, 1.807) is 37.4 Å². The van der Waals surface area contributed by atoms with Crippen LogP contribution in [0.15, 0.2) is 101 Å². The lowest BCUT2D eigenvalue weighted by atomic mass is 10.1. The Hall–Kier alpha value is -4.42. The van der Waals surface area contributed by atoms with Gasteiger partial charge in [-0.1, -0.05) is 83.2 Å². The van der Waals surface area contributed by atoms with E-state index in [9.17, 15) is 19.2 Å². The van der Waals surface area contributed by atoms with Crippen molar-refractivity contribution in [3.63, 3.8) is 0 Å². The second kappa shape index (κ2) is 11.8. The molecule has 1 saturated heterocycles. The van der Waals surface area contributed by atoms with E-state index < -0.39 is 55.0 Å². The van der Waals surface area contributed by atoms with E-state index >= 15 is 0 Å². The summed E-state index contributed by atoms with van der Waals surface area (Å²) in [5, 5.41) is 1.51. The molecule has 1 N–H and O–H groups in total. The number of rotatable bonds is 8. The Balaban J connectivity index is 1.48. The zero-order chi connectivity index (χ0) is 31.9. The minimum Gasteiger partial charge on any atom is -0.370 e. The van der Waals surface area contributed by atoms with Gasteiger partial charge in [-0.15, -0.1) is 5.06 Å². The normalized spacial score (nSPS) is 21.5. The van der Waals surface area contributed by atoms with E-state index in [0.717, 1.165) is 15.4 Å². The summed E-state index contributed by atoms with van der Waals surface area (Å²) < 4.78 is 15.1. The van der Waals surface area contributed by atoms with Crippen LogP contribution in [-0.2, 0) is 19.7 Å². The molecule has 6 rings (SSSR count). The van der Waals surface area contributed by atoms with Gasteiger partial charge < -0.3 is 9.47 Å². The van der Waals surface area contributed by atoms with Gasteiger partial charge in [0.25, 0.3) is 17.4 Å². The van der Waals surface area contributed by atoms with Crippen LogP contribution in [0.3, 0.4) is 0 Å². The third kappa shape index (κ3) is 5.75. The Labute approximate surface area is 261 Å². The minimum atomic E-state index is -2.56. The lowest BCUT2D eigenvalue weighted by molar-refractivity contribution is -0.164. The highest BCUT2D eigenvalue weighted by Crippen LogP contribution is 2.40. The van der Waals surface area contributed by atoms with Gasteiger partial charge in [0.15, 0.2) is 8.80 Å². The molecular weight excluding hydrogens is 590 g/mol. The lowest BCUT2D eigenvalue weighted by Gasteiger charge is -2.38. The number of aryl methyl sites for hydroxylation is 1. The lowest BCUT2D eigenvalue weighted by Crippen LogP contribution is -2.64. The van der Waals surface area contributed by atoms with Gasteiger partial charge in [-0.3, -0.25) is 28.8 Å². The van der Waals surface area contributed by atoms with Crippen molar-refractivity contribution in [2.75, 3.05) is 6.61 Å². The van der Waals surface area contributed by atoms with E-state index in [4.69, 9.17) is 14.3 Å². The topological polar surface area (TPSA) is 120 Å². The number of nitrogens with zero attached hydrogens (tertiary/aromatic N) is 2. The van der Waals surface area contributed by atoms with Gasteiger partial charge in [0.2, 0.25) is 0 Å². The first-order valence-corrected chi connectivity index (χ1v) is 16.6. The van der Waals surface area contributed by atoms with E-state index in [1.807, 2.05) is 81.4 Å². The summed E-state index contributed by atoms with van der Waals surface area (Å²) in [6, 6.07) is 26.3. The molecule has 0 aliphatic carbocycles. The fraction of sp³-hybridized carbons (Fsp3) is 0.294. The van der Waals surface area contributed by atoms with Crippen molar-refractivity contribution in [1.82, 2.24) is 14.6 Å². The van der Waals surface area contributed by atoms with Gasteiger partial charge in [0.1, 0.15) is 18.1 Å². The summed E-state index contributed by atoms with van der Waals surface area (Å²) in [5.41, 5.74) is -0.808. The number of fused-ring (bicyclic) bond motifs is 1. The number of ether oxygens (including phenoxy) is 2. The van der Waals surface area contributed by atoms with Crippen molar-refractivity contribution in [3.05, 3.63) is 129 Å². The maximum absolute atomic E-state index is 13.7. The van der Waals surface area contributed by atoms with Crippen molar-refractivity contribution in [1.29, 1.82) is 0 Å². The van der Waals surface area contributed by atoms with Crippen LogP contribution in [-0.4, -0.2) is 59.6 Å². The molecule has 0 unspecified atom stereocenters. The minimum absolute atomic E-state index is 0.199. The zero-order valence-corrected chi connectivity index (χ0v) is 26.7. The van der Waals surface area contributed by atoms with Crippen molar-refractivity contribution in [2.45, 2.75) is 57.3 Å². The van der Waals surface area contributed by atoms with Crippen LogP contribution in [0.4, 0.5) is 0 Å². The van der Waals surface area contributed by atoms with Crippen LogP contribution in [0.2, 0.25) is 0 Å². The van der Waals surface area contributed by atoms with Crippen LogP contribution in [0.1, 0.15) is 53.5 Å². The molecule has 1 fully saturated rings. The molecule has 4 aromatic rings. The molecule has 2 aliphatic heterocycles. The highest BCUT2D eigenvalue weighted by molar-refractivity contribution is 6.86. The molecule has 3 aromatic carbocycles. The first-order valence-electron chi connectivity index (χ1n) is 14.9. The number of H-pyrrole nitrogens is 1. The monoisotopic (exact) mass is 625 g/mol. The Kier molecular flexibility index (Phi) is 8.04. The van der Waals surface area contributed by atoms with Gasteiger partial charge in [-0.2, -0.15) is 0 Å². The third-order valence-corrected chi connectivity index (χ3v) is 11.8. The predicted octanol–water partition coefficient (Wildman–Crippen LogP) is 2.28. The van der Waals surface area contributed by atoms with Crippen LogP contribution >= 0.6 is 0 Å². The Morgan fingerprint density at radius 2 is 1.40 bits per heavy atom. The number of aromatic amines is 1. The number of aromatic nitrogens is 2. The molecule has 0 spiro atoms. The largest absolute Gasteiger partial charge is 0.370 e. The molecule has 0 bridgehead atoms. The standard InChI is InChI=1S/C34H35N3O7Si/c1-22-20-36(32(41)35-29(22)38)34(45(23-13-7-5-8-14-23)24-15-9-6-10-16-24)19-27(43-33(2,3)4)28(44-34)21-42-37-30(39)25-17-11-12-18-26(25)31(37)40/h5-18,20,27-28,45H,19,21H2,1-4H3,(H,35,38,41)/t27-,28+,34-/m0/s1. The summed E-state index contributed by atoms with van der Waals surface area (Å²) in [6.07, 6.45) is 0.387. The quantitative estimate of drug-likeness (QED) is 0.236. The van der Waals surface area contributed by atoms with Crippen LogP contribution in [0.5, 0.6) is 0 Å². The number of nitrogens with one attached hydrogen (secondary N) is 1. The number of imide groups is 1. The first-order chi connectivity index (χ1) is 21.5. The summed E-state index contributed by atoms with van der Waals surface area (Å²) >= 11 is 0. The molecule has 2 aliphatic rings. The fourth-order valence-corrected chi connectivity index (χ4v) is 10.2. The Morgan fingerprint density at radius 1 is 0.867 bits per heavy atom. The Morgan fingerprint density at radius 3 is 1.93 bits per heavy atom. The molecule has 3 heterocycles. The predicted molar refractivity (Wildman–Crippen MR) is 170 cm³/mol. The average Bonchev–Trinajstić information content (AvgIpc) is 3.48. The summed E-state index contributed by atoms with van der Waals surface area (Å²) in [6.45, 7) is 7.22. The van der Waals surface area contributed by atoms with Crippen LogP contribution in [0.25, 0.3) is 0 Å². The van der Waals surface area contributed by atoms with E-state index in [-0.39, 0.29) is 24.2 Å². The number of hydrogen-bond acceptors (Lipinski definition) is 7.